The van der Waals surface area contributed by atoms with Crippen molar-refractivity contribution in [1.82, 2.24) is 0 Å². The molecule has 2 aromatic carbocycles. The van der Waals surface area contributed by atoms with Crippen LogP contribution in [0.5, 0.6) is 0 Å². The van der Waals surface area contributed by atoms with Crippen molar-refractivity contribution in [2.24, 2.45) is 0 Å². The summed E-state index contributed by atoms with van der Waals surface area (Å²) in [7, 11) is 0. The minimum absolute atomic E-state index is 0.0267. The van der Waals surface area contributed by atoms with Crippen LogP contribution in [0.4, 0.5) is 8.78 Å². The molecule has 2 aromatic rings. The fourth-order valence-corrected chi connectivity index (χ4v) is 1.61. The van der Waals surface area contributed by atoms with Gasteiger partial charge in [-0.3, -0.25) is 4.79 Å². The second kappa shape index (κ2) is 4.97. The Kier molecular flexibility index (Phi) is 3.37. The molecule has 0 bridgehead atoms. The molecule has 0 aliphatic rings. The number of carboxylic acids is 1. The highest BCUT2D eigenvalue weighted by molar-refractivity contribution is 6.39. The summed E-state index contributed by atoms with van der Waals surface area (Å²) in [4.78, 5) is 21.7. The normalized spacial score (nSPS) is 10.2. The van der Waals surface area contributed by atoms with Crippen LogP contribution >= 0.6 is 0 Å². The van der Waals surface area contributed by atoms with Crippen molar-refractivity contribution in [3.63, 3.8) is 0 Å². The van der Waals surface area contributed by atoms with E-state index in [4.69, 9.17) is 5.11 Å². The lowest BCUT2D eigenvalue weighted by molar-refractivity contribution is -0.131. The minimum atomic E-state index is -1.54. The molecule has 0 saturated heterocycles. The SMILES string of the molecule is O=C(O)C(=O)c1ccc(-c2ccc(F)c(F)c2)cc1. The Morgan fingerprint density at radius 2 is 1.42 bits per heavy atom. The van der Waals surface area contributed by atoms with E-state index in [2.05, 4.69) is 0 Å². The first kappa shape index (κ1) is 12.9. The molecule has 96 valence electrons. The summed E-state index contributed by atoms with van der Waals surface area (Å²) in [5, 5.41) is 8.55. The maximum atomic E-state index is 13.1. The van der Waals surface area contributed by atoms with E-state index in [-0.39, 0.29) is 5.56 Å². The number of Topliss-reactive ketones (excluding diaryl/α,β-unsaturated/α-hetero) is 1. The fourth-order valence-electron chi connectivity index (χ4n) is 1.61. The minimum Gasteiger partial charge on any atom is -0.475 e. The van der Waals surface area contributed by atoms with Gasteiger partial charge in [0.25, 0.3) is 5.78 Å². The largest absolute Gasteiger partial charge is 0.475 e. The van der Waals surface area contributed by atoms with E-state index in [1.165, 1.54) is 30.3 Å². The maximum Gasteiger partial charge on any atom is 0.377 e. The van der Waals surface area contributed by atoms with Crippen LogP contribution in [0, 0.1) is 11.6 Å². The molecule has 0 aliphatic heterocycles. The van der Waals surface area contributed by atoms with Crippen LogP contribution < -0.4 is 0 Å². The van der Waals surface area contributed by atoms with Crippen molar-refractivity contribution in [1.29, 1.82) is 0 Å². The average molecular weight is 262 g/mol. The van der Waals surface area contributed by atoms with Crippen molar-refractivity contribution in [2.75, 3.05) is 0 Å². The summed E-state index contributed by atoms with van der Waals surface area (Å²) in [6.07, 6.45) is 0. The lowest BCUT2D eigenvalue weighted by Crippen LogP contribution is -2.12. The highest BCUT2D eigenvalue weighted by atomic mass is 19.2. The molecule has 0 aromatic heterocycles. The van der Waals surface area contributed by atoms with E-state index in [9.17, 15) is 18.4 Å². The molecule has 0 atom stereocenters. The molecule has 0 saturated carbocycles. The van der Waals surface area contributed by atoms with Gasteiger partial charge in [0, 0.05) is 5.56 Å². The number of hydrogen-bond donors (Lipinski definition) is 1. The second-order valence-corrected chi connectivity index (χ2v) is 3.84. The summed E-state index contributed by atoms with van der Waals surface area (Å²) in [6.45, 7) is 0. The zero-order valence-corrected chi connectivity index (χ0v) is 9.56. The Labute approximate surface area is 107 Å². The predicted octanol–water partition coefficient (Wildman–Crippen LogP) is 2.90. The molecule has 0 aliphatic carbocycles. The second-order valence-electron chi connectivity index (χ2n) is 3.84. The molecule has 0 unspecified atom stereocenters. The summed E-state index contributed by atoms with van der Waals surface area (Å²) < 4.78 is 25.9. The Bertz CT molecular complexity index is 648. The third-order valence-electron chi connectivity index (χ3n) is 2.59. The van der Waals surface area contributed by atoms with Gasteiger partial charge in [0.15, 0.2) is 11.6 Å². The molecule has 3 nitrogen and oxygen atoms in total. The smallest absolute Gasteiger partial charge is 0.377 e. The number of rotatable bonds is 3. The van der Waals surface area contributed by atoms with Gasteiger partial charge in [0.05, 0.1) is 0 Å². The van der Waals surface area contributed by atoms with Crippen molar-refractivity contribution in [3.05, 3.63) is 59.7 Å². The standard InChI is InChI=1S/C14H8F2O3/c15-11-6-5-10(7-12(11)16)8-1-3-9(4-2-8)13(17)14(18)19/h1-7H,(H,18,19). The molecular formula is C14H8F2O3. The lowest BCUT2D eigenvalue weighted by Gasteiger charge is -2.03. The Morgan fingerprint density at radius 1 is 0.842 bits per heavy atom. The van der Waals surface area contributed by atoms with Gasteiger partial charge in [0.1, 0.15) is 0 Å². The average Bonchev–Trinajstić information content (AvgIpc) is 2.41. The lowest BCUT2D eigenvalue weighted by atomic mass is 10.0. The summed E-state index contributed by atoms with van der Waals surface area (Å²) in [6, 6.07) is 9.03. The van der Waals surface area contributed by atoms with Crippen LogP contribution in [0.25, 0.3) is 11.1 Å². The predicted molar refractivity (Wildman–Crippen MR) is 63.8 cm³/mol. The van der Waals surface area contributed by atoms with Crippen molar-refractivity contribution in [3.8, 4) is 11.1 Å². The van der Waals surface area contributed by atoms with Gasteiger partial charge in [-0.2, -0.15) is 0 Å². The van der Waals surface area contributed by atoms with Gasteiger partial charge in [-0.1, -0.05) is 30.3 Å². The van der Waals surface area contributed by atoms with Gasteiger partial charge < -0.3 is 5.11 Å². The van der Waals surface area contributed by atoms with Crippen LogP contribution in [0.3, 0.4) is 0 Å². The molecule has 1 N–H and O–H groups in total. The number of hydrogen-bond acceptors (Lipinski definition) is 2. The first-order chi connectivity index (χ1) is 8.99. The van der Waals surface area contributed by atoms with Gasteiger partial charge >= 0.3 is 5.97 Å². The van der Waals surface area contributed by atoms with E-state index in [0.29, 0.717) is 11.1 Å². The number of halogens is 2. The number of carbonyl (C=O) groups is 2. The van der Waals surface area contributed by atoms with Crippen molar-refractivity contribution >= 4 is 11.8 Å². The van der Waals surface area contributed by atoms with E-state index in [1.807, 2.05) is 0 Å². The molecule has 0 radical (unpaired) electrons. The van der Waals surface area contributed by atoms with E-state index in [0.717, 1.165) is 12.1 Å². The van der Waals surface area contributed by atoms with Crippen LogP contribution in [-0.2, 0) is 4.79 Å². The quantitative estimate of drug-likeness (QED) is 0.683. The first-order valence-corrected chi connectivity index (χ1v) is 5.32. The summed E-state index contributed by atoms with van der Waals surface area (Å²) in [5.74, 6) is -4.47. The van der Waals surface area contributed by atoms with Crippen LogP contribution in [-0.4, -0.2) is 16.9 Å². The number of carbonyl (C=O) groups excluding carboxylic acids is 1. The van der Waals surface area contributed by atoms with Gasteiger partial charge in [-0.25, -0.2) is 13.6 Å². The number of ketones is 1. The van der Waals surface area contributed by atoms with Crippen LogP contribution in [0.1, 0.15) is 10.4 Å². The van der Waals surface area contributed by atoms with Gasteiger partial charge in [-0.15, -0.1) is 0 Å². The third kappa shape index (κ3) is 2.65. The summed E-state index contributed by atoms with van der Waals surface area (Å²) in [5.41, 5.74) is 1.02. The molecule has 2 rings (SSSR count). The highest BCUT2D eigenvalue weighted by Gasteiger charge is 2.14. The van der Waals surface area contributed by atoms with Gasteiger partial charge in [-0.05, 0) is 23.3 Å². The first-order valence-electron chi connectivity index (χ1n) is 5.32. The molecule has 0 spiro atoms. The van der Waals surface area contributed by atoms with E-state index in [1.54, 1.807) is 0 Å². The molecule has 19 heavy (non-hydrogen) atoms. The van der Waals surface area contributed by atoms with E-state index < -0.39 is 23.4 Å². The molecule has 0 heterocycles. The zero-order valence-electron chi connectivity index (χ0n) is 9.56. The van der Waals surface area contributed by atoms with Gasteiger partial charge in [0.2, 0.25) is 0 Å². The Balaban J connectivity index is 2.34. The third-order valence-corrected chi connectivity index (χ3v) is 2.59. The van der Waals surface area contributed by atoms with E-state index >= 15 is 0 Å². The number of benzene rings is 2. The highest BCUT2D eigenvalue weighted by Crippen LogP contribution is 2.22. The van der Waals surface area contributed by atoms with Crippen molar-refractivity contribution < 1.29 is 23.5 Å². The fraction of sp³-hybridized carbons (Fsp3) is 0. The molecular weight excluding hydrogens is 254 g/mol. The number of carboxylic acid groups (broad SMARTS) is 1. The molecule has 0 amide bonds. The molecule has 0 fully saturated rings. The molecule has 5 heteroatoms. The topological polar surface area (TPSA) is 54.4 Å². The Hall–Kier alpha value is -2.56. The number of aliphatic carboxylic acids is 1. The van der Waals surface area contributed by atoms with Crippen LogP contribution in [0.2, 0.25) is 0 Å². The summed E-state index contributed by atoms with van der Waals surface area (Å²) >= 11 is 0. The Morgan fingerprint density at radius 3 is 1.95 bits per heavy atom. The zero-order chi connectivity index (χ0) is 14.0. The maximum absolute atomic E-state index is 13.1. The van der Waals surface area contributed by atoms with Crippen LogP contribution in [0.15, 0.2) is 42.5 Å². The van der Waals surface area contributed by atoms with Crippen molar-refractivity contribution in [2.45, 2.75) is 0 Å². The monoisotopic (exact) mass is 262 g/mol.